The van der Waals surface area contributed by atoms with Crippen LogP contribution in [0.3, 0.4) is 0 Å². The lowest BCUT2D eigenvalue weighted by molar-refractivity contribution is 0.519. The predicted octanol–water partition coefficient (Wildman–Crippen LogP) is -1.50. The van der Waals surface area contributed by atoms with Crippen LogP contribution in [-0.4, -0.2) is 23.2 Å². The molecule has 0 spiro atoms. The highest BCUT2D eigenvalue weighted by Gasteiger charge is 1.92. The first kappa shape index (κ1) is 6.17. The van der Waals surface area contributed by atoms with Crippen molar-refractivity contribution in [2.45, 2.75) is 0 Å². The summed E-state index contributed by atoms with van der Waals surface area (Å²) in [6.45, 7) is 0. The first-order valence-corrected chi connectivity index (χ1v) is 3.01. The molecule has 0 aliphatic rings. The Balaban J connectivity index is 2.98. The van der Waals surface area contributed by atoms with Gasteiger partial charge in [-0.1, -0.05) is 5.21 Å². The fourth-order valence-electron chi connectivity index (χ4n) is 0.333. The lowest BCUT2D eigenvalue weighted by Gasteiger charge is -1.99. The summed E-state index contributed by atoms with van der Waals surface area (Å²) in [6.07, 6.45) is 1.10. The molecular formula is C2H3N4O2S-. The Bertz CT molecular complexity index is 232. The maximum atomic E-state index is 10.0. The first-order chi connectivity index (χ1) is 4.20. The van der Waals surface area contributed by atoms with E-state index in [0.29, 0.717) is 4.09 Å². The van der Waals surface area contributed by atoms with Crippen LogP contribution in [0.4, 0.5) is 5.82 Å². The van der Waals surface area contributed by atoms with E-state index in [1.807, 2.05) is 0 Å². The van der Waals surface area contributed by atoms with Crippen molar-refractivity contribution in [3.8, 4) is 0 Å². The van der Waals surface area contributed by atoms with Crippen molar-refractivity contribution in [2.24, 2.45) is 0 Å². The molecule has 0 fully saturated rings. The smallest absolute Gasteiger partial charge is 0.167 e. The third kappa shape index (κ3) is 1.24. The van der Waals surface area contributed by atoms with Gasteiger partial charge >= 0.3 is 0 Å². The van der Waals surface area contributed by atoms with E-state index in [1.165, 1.54) is 0 Å². The lowest BCUT2D eigenvalue weighted by Crippen LogP contribution is -2.02. The second-order valence-corrected chi connectivity index (χ2v) is 2.07. The molecule has 1 unspecified atom stereocenters. The van der Waals surface area contributed by atoms with E-state index in [2.05, 4.69) is 10.3 Å². The fraction of sp³-hybridized carbons (Fsp3) is 0. The van der Waals surface area contributed by atoms with Crippen LogP contribution < -0.4 is 5.73 Å². The summed E-state index contributed by atoms with van der Waals surface area (Å²) in [6, 6.07) is 0. The van der Waals surface area contributed by atoms with Crippen LogP contribution in [0.1, 0.15) is 0 Å². The summed E-state index contributed by atoms with van der Waals surface area (Å²) in [4.78, 5) is 0. The second kappa shape index (κ2) is 2.11. The molecule has 1 aromatic rings. The van der Waals surface area contributed by atoms with Gasteiger partial charge in [0.15, 0.2) is 5.82 Å². The van der Waals surface area contributed by atoms with E-state index in [0.717, 1.165) is 6.20 Å². The normalized spacial score (nSPS) is 13.4. The van der Waals surface area contributed by atoms with Gasteiger partial charge < -0.3 is 10.3 Å². The standard InChI is InChI=1S/C2H4N4O2S/c3-2-1-6(5-4-2)9(7)8/h1H,3H2,(H,7,8)/p-1. The summed E-state index contributed by atoms with van der Waals surface area (Å²) >= 11 is -2.40. The first-order valence-electron chi connectivity index (χ1n) is 1.98. The van der Waals surface area contributed by atoms with Crippen molar-refractivity contribution in [3.05, 3.63) is 6.20 Å². The third-order valence-electron chi connectivity index (χ3n) is 0.644. The highest BCUT2D eigenvalue weighted by molar-refractivity contribution is 7.77. The number of anilines is 1. The van der Waals surface area contributed by atoms with Crippen LogP contribution in [0.15, 0.2) is 6.20 Å². The van der Waals surface area contributed by atoms with E-state index >= 15 is 0 Å². The van der Waals surface area contributed by atoms with Crippen LogP contribution in [0.25, 0.3) is 0 Å². The Labute approximate surface area is 53.1 Å². The molecule has 1 aromatic heterocycles. The van der Waals surface area contributed by atoms with Gasteiger partial charge in [-0.3, -0.25) is 4.21 Å². The molecule has 7 heteroatoms. The van der Waals surface area contributed by atoms with Gasteiger partial charge in [-0.15, -0.1) is 5.10 Å². The highest BCUT2D eigenvalue weighted by atomic mass is 32.2. The molecule has 6 nitrogen and oxygen atoms in total. The van der Waals surface area contributed by atoms with Crippen LogP contribution in [0, 0.1) is 0 Å². The minimum Gasteiger partial charge on any atom is -0.754 e. The Kier molecular flexibility index (Phi) is 1.45. The summed E-state index contributed by atoms with van der Waals surface area (Å²) < 4.78 is 20.7. The SMILES string of the molecule is Nc1cn(S(=O)[O-])nn1. The molecule has 0 aromatic carbocycles. The number of nitrogen functional groups attached to an aromatic ring is 1. The lowest BCUT2D eigenvalue weighted by atomic mass is 10.8. The van der Waals surface area contributed by atoms with Crippen molar-refractivity contribution in [1.29, 1.82) is 0 Å². The molecular weight excluding hydrogens is 144 g/mol. The van der Waals surface area contributed by atoms with Crippen molar-refractivity contribution in [2.75, 3.05) is 5.73 Å². The number of hydrogen-bond donors (Lipinski definition) is 1. The third-order valence-corrected chi connectivity index (χ3v) is 1.13. The Morgan fingerprint density at radius 3 is 2.78 bits per heavy atom. The van der Waals surface area contributed by atoms with E-state index < -0.39 is 11.3 Å². The maximum Gasteiger partial charge on any atom is 0.167 e. The van der Waals surface area contributed by atoms with Crippen molar-refractivity contribution >= 4 is 17.1 Å². The number of nitrogens with zero attached hydrogens (tertiary/aromatic N) is 3. The Morgan fingerprint density at radius 1 is 1.89 bits per heavy atom. The zero-order valence-corrected chi connectivity index (χ0v) is 5.04. The minimum atomic E-state index is -2.40. The average Bonchev–Trinajstić information content (AvgIpc) is 2.14. The molecule has 9 heavy (non-hydrogen) atoms. The minimum absolute atomic E-state index is 0.0826. The number of aromatic nitrogens is 3. The molecule has 0 aliphatic carbocycles. The summed E-state index contributed by atoms with van der Waals surface area (Å²) in [5, 5.41) is 6.38. The van der Waals surface area contributed by atoms with Crippen LogP contribution in [0.2, 0.25) is 0 Å². The number of nitrogens with two attached hydrogens (primary N) is 1. The Morgan fingerprint density at radius 2 is 2.56 bits per heavy atom. The molecule has 1 rings (SSSR count). The molecule has 0 saturated carbocycles. The zero-order valence-electron chi connectivity index (χ0n) is 4.22. The number of rotatable bonds is 1. The van der Waals surface area contributed by atoms with Gasteiger partial charge in [-0.2, -0.15) is 4.09 Å². The van der Waals surface area contributed by atoms with Crippen molar-refractivity contribution in [1.82, 2.24) is 14.4 Å². The quantitative estimate of drug-likeness (QED) is 0.487. The summed E-state index contributed by atoms with van der Waals surface area (Å²) in [5.74, 6) is 0.0826. The molecule has 0 saturated heterocycles. The molecule has 1 atom stereocenters. The van der Waals surface area contributed by atoms with Gasteiger partial charge in [-0.05, 0) is 0 Å². The van der Waals surface area contributed by atoms with Crippen molar-refractivity contribution < 1.29 is 8.76 Å². The van der Waals surface area contributed by atoms with Gasteiger partial charge in [0, 0.05) is 0 Å². The highest BCUT2D eigenvalue weighted by Crippen LogP contribution is 1.91. The molecule has 1 heterocycles. The largest absolute Gasteiger partial charge is 0.754 e. The van der Waals surface area contributed by atoms with E-state index in [-0.39, 0.29) is 5.82 Å². The summed E-state index contributed by atoms with van der Waals surface area (Å²) in [5.41, 5.74) is 5.05. The predicted molar refractivity (Wildman–Crippen MR) is 28.8 cm³/mol. The van der Waals surface area contributed by atoms with Crippen molar-refractivity contribution in [3.63, 3.8) is 0 Å². The molecule has 0 amide bonds. The van der Waals surface area contributed by atoms with Gasteiger partial charge in [0.2, 0.25) is 0 Å². The molecule has 2 N–H and O–H groups in total. The van der Waals surface area contributed by atoms with Gasteiger partial charge in [-0.25, -0.2) is 0 Å². The monoisotopic (exact) mass is 147 g/mol. The fourth-order valence-corrected chi connectivity index (χ4v) is 0.624. The zero-order chi connectivity index (χ0) is 6.85. The van der Waals surface area contributed by atoms with Crippen LogP contribution in [-0.2, 0) is 11.3 Å². The molecule has 0 radical (unpaired) electrons. The van der Waals surface area contributed by atoms with Gasteiger partial charge in [0.05, 0.1) is 17.5 Å². The maximum absolute atomic E-state index is 10.0. The van der Waals surface area contributed by atoms with Crippen LogP contribution in [0.5, 0.6) is 0 Å². The molecule has 50 valence electrons. The summed E-state index contributed by atoms with van der Waals surface area (Å²) in [7, 11) is 0. The molecule has 0 bridgehead atoms. The van der Waals surface area contributed by atoms with Crippen LogP contribution >= 0.6 is 0 Å². The second-order valence-electron chi connectivity index (χ2n) is 1.26. The van der Waals surface area contributed by atoms with Gasteiger partial charge in [0.1, 0.15) is 0 Å². The van der Waals surface area contributed by atoms with E-state index in [1.54, 1.807) is 0 Å². The Hall–Kier alpha value is -0.950. The number of hydrogen-bond acceptors (Lipinski definition) is 5. The molecule has 0 aliphatic heterocycles. The van der Waals surface area contributed by atoms with E-state index in [9.17, 15) is 8.76 Å². The topological polar surface area (TPSA) is 96.9 Å². The average molecular weight is 147 g/mol. The van der Waals surface area contributed by atoms with E-state index in [4.69, 9.17) is 5.73 Å². The van der Waals surface area contributed by atoms with Gasteiger partial charge in [0.25, 0.3) is 0 Å².